The van der Waals surface area contributed by atoms with Crippen molar-refractivity contribution in [1.29, 1.82) is 0 Å². The van der Waals surface area contributed by atoms with Gasteiger partial charge in [-0.2, -0.15) is 0 Å². The lowest BCUT2D eigenvalue weighted by atomic mass is 10.0. The number of hydrogen-bond acceptors (Lipinski definition) is 7. The fourth-order valence-electron chi connectivity index (χ4n) is 4.83. The van der Waals surface area contributed by atoms with Crippen molar-refractivity contribution in [1.82, 2.24) is 4.90 Å². The summed E-state index contributed by atoms with van der Waals surface area (Å²) in [6, 6.07) is 0. The Bertz CT molecular complexity index is 835. The SMILES string of the molecule is CCCCC(F)(F)/C=C\CCOC(=O)CCCCCCCC(CCCCCCCC(=O)OCC/C=C\F)OC(=O)CCCN(C)C. The summed E-state index contributed by atoms with van der Waals surface area (Å²) < 4.78 is 55.1. The summed E-state index contributed by atoms with van der Waals surface area (Å²) in [6.45, 7) is 3.04. The van der Waals surface area contributed by atoms with Crippen LogP contribution in [0.2, 0.25) is 0 Å². The van der Waals surface area contributed by atoms with Gasteiger partial charge in [0, 0.05) is 32.1 Å². The van der Waals surface area contributed by atoms with Gasteiger partial charge in [0.2, 0.25) is 0 Å². The van der Waals surface area contributed by atoms with Crippen LogP contribution in [0.1, 0.15) is 142 Å². The third kappa shape index (κ3) is 30.3. The summed E-state index contributed by atoms with van der Waals surface area (Å²) in [5.74, 6) is -3.49. The van der Waals surface area contributed by atoms with Gasteiger partial charge in [-0.1, -0.05) is 64.0 Å². The van der Waals surface area contributed by atoms with Crippen molar-refractivity contribution in [3.8, 4) is 0 Å². The van der Waals surface area contributed by atoms with Crippen molar-refractivity contribution in [2.45, 2.75) is 154 Å². The van der Waals surface area contributed by atoms with E-state index in [0.29, 0.717) is 38.4 Å². The topological polar surface area (TPSA) is 82.1 Å². The largest absolute Gasteiger partial charge is 0.465 e. The Kier molecular flexibility index (Phi) is 28.5. The fourth-order valence-corrected chi connectivity index (χ4v) is 4.83. The van der Waals surface area contributed by atoms with Crippen LogP contribution in [-0.2, 0) is 28.6 Å². The quantitative estimate of drug-likeness (QED) is 0.0317. The Labute approximate surface area is 276 Å². The van der Waals surface area contributed by atoms with E-state index in [9.17, 15) is 27.6 Å². The molecule has 10 heteroatoms. The average Bonchev–Trinajstić information content (AvgIpc) is 3.00. The molecule has 0 aromatic rings. The smallest absolute Gasteiger partial charge is 0.306 e. The molecule has 0 amide bonds. The highest BCUT2D eigenvalue weighted by molar-refractivity contribution is 5.70. The highest BCUT2D eigenvalue weighted by Gasteiger charge is 2.23. The number of rotatable bonds is 31. The number of esters is 3. The minimum atomic E-state index is -2.80. The molecule has 0 aromatic carbocycles. The molecule has 0 bridgehead atoms. The van der Waals surface area contributed by atoms with E-state index in [1.54, 1.807) is 0 Å². The molecule has 46 heavy (non-hydrogen) atoms. The number of hydrogen-bond donors (Lipinski definition) is 0. The molecule has 0 aliphatic heterocycles. The van der Waals surface area contributed by atoms with Crippen molar-refractivity contribution in [3.63, 3.8) is 0 Å². The van der Waals surface area contributed by atoms with E-state index < -0.39 is 5.92 Å². The highest BCUT2D eigenvalue weighted by atomic mass is 19.3. The maximum Gasteiger partial charge on any atom is 0.306 e. The zero-order valence-electron chi connectivity index (χ0n) is 28.9. The van der Waals surface area contributed by atoms with Gasteiger partial charge in [0.1, 0.15) is 6.10 Å². The summed E-state index contributed by atoms with van der Waals surface area (Å²) in [4.78, 5) is 38.1. The predicted molar refractivity (Wildman–Crippen MR) is 177 cm³/mol. The van der Waals surface area contributed by atoms with Gasteiger partial charge in [-0.05, 0) is 84.5 Å². The molecule has 1 atom stereocenters. The van der Waals surface area contributed by atoms with Crippen LogP contribution in [0.5, 0.6) is 0 Å². The van der Waals surface area contributed by atoms with Crippen LogP contribution in [0.15, 0.2) is 24.6 Å². The van der Waals surface area contributed by atoms with Gasteiger partial charge in [0.25, 0.3) is 5.92 Å². The lowest BCUT2D eigenvalue weighted by Crippen LogP contribution is -2.20. The van der Waals surface area contributed by atoms with Gasteiger partial charge < -0.3 is 19.1 Å². The molecular weight excluding hydrogens is 599 g/mol. The Morgan fingerprint density at radius 2 is 1.20 bits per heavy atom. The van der Waals surface area contributed by atoms with Gasteiger partial charge in [-0.25, -0.2) is 13.2 Å². The number of unbranched alkanes of at least 4 members (excludes halogenated alkanes) is 9. The number of carbonyl (C=O) groups is 3. The maximum atomic E-state index is 13.6. The number of allylic oxidation sites excluding steroid dienone is 1. The van der Waals surface area contributed by atoms with E-state index in [2.05, 4.69) is 0 Å². The first-order valence-corrected chi connectivity index (χ1v) is 17.6. The monoisotopic (exact) mass is 661 g/mol. The molecule has 0 aliphatic rings. The minimum absolute atomic E-state index is 0.101. The first kappa shape index (κ1) is 43.6. The van der Waals surface area contributed by atoms with E-state index >= 15 is 0 Å². The maximum absolute atomic E-state index is 13.6. The Morgan fingerprint density at radius 1 is 0.696 bits per heavy atom. The van der Waals surface area contributed by atoms with E-state index in [1.807, 2.05) is 25.9 Å². The van der Waals surface area contributed by atoms with Gasteiger partial charge in [-0.15, -0.1) is 0 Å². The van der Waals surface area contributed by atoms with Gasteiger partial charge in [0.05, 0.1) is 19.5 Å². The normalized spacial score (nSPS) is 12.7. The number of alkyl halides is 2. The van der Waals surface area contributed by atoms with Crippen molar-refractivity contribution >= 4 is 17.9 Å². The van der Waals surface area contributed by atoms with Gasteiger partial charge >= 0.3 is 17.9 Å². The second-order valence-corrected chi connectivity index (χ2v) is 12.3. The summed E-state index contributed by atoms with van der Waals surface area (Å²) in [5, 5.41) is 0. The Hall–Kier alpha value is -2.36. The van der Waals surface area contributed by atoms with Crippen LogP contribution in [0.25, 0.3) is 0 Å². The molecule has 1 unspecified atom stereocenters. The van der Waals surface area contributed by atoms with Crippen LogP contribution in [0, 0.1) is 0 Å². The zero-order valence-corrected chi connectivity index (χ0v) is 28.9. The number of carbonyl (C=O) groups excluding carboxylic acids is 3. The Morgan fingerprint density at radius 3 is 1.72 bits per heavy atom. The third-order valence-corrected chi connectivity index (χ3v) is 7.51. The number of nitrogens with zero attached hydrogens (tertiary/aromatic N) is 1. The van der Waals surface area contributed by atoms with E-state index in [4.69, 9.17) is 14.2 Å². The average molecular weight is 662 g/mol. The molecule has 0 heterocycles. The molecule has 7 nitrogen and oxygen atoms in total. The fraction of sp³-hybridized carbons (Fsp3) is 0.806. The summed E-state index contributed by atoms with van der Waals surface area (Å²) in [5.41, 5.74) is 0. The van der Waals surface area contributed by atoms with Crippen molar-refractivity contribution in [2.24, 2.45) is 0 Å². The van der Waals surface area contributed by atoms with Crippen LogP contribution >= 0.6 is 0 Å². The van der Waals surface area contributed by atoms with Crippen LogP contribution < -0.4 is 0 Å². The molecule has 0 spiro atoms. The predicted octanol–water partition coefficient (Wildman–Crippen LogP) is 9.43. The molecule has 268 valence electrons. The van der Waals surface area contributed by atoms with Gasteiger partial charge in [-0.3, -0.25) is 14.4 Å². The van der Waals surface area contributed by atoms with Crippen LogP contribution in [-0.4, -0.2) is 68.7 Å². The molecule has 0 N–H and O–H groups in total. The summed E-state index contributed by atoms with van der Waals surface area (Å²) >= 11 is 0. The lowest BCUT2D eigenvalue weighted by molar-refractivity contribution is -0.150. The molecule has 0 aliphatic carbocycles. The van der Waals surface area contributed by atoms with E-state index in [-0.39, 0.29) is 50.1 Å². The van der Waals surface area contributed by atoms with Gasteiger partial charge in [0.15, 0.2) is 0 Å². The summed E-state index contributed by atoms with van der Waals surface area (Å²) in [6.07, 6.45) is 18.4. The second kappa shape index (κ2) is 30.0. The number of ether oxygens (including phenoxy) is 3. The van der Waals surface area contributed by atoms with Crippen molar-refractivity contribution in [2.75, 3.05) is 33.9 Å². The molecule has 0 rings (SSSR count). The lowest BCUT2D eigenvalue weighted by Gasteiger charge is -2.18. The highest BCUT2D eigenvalue weighted by Crippen LogP contribution is 2.23. The first-order valence-electron chi connectivity index (χ1n) is 17.6. The summed E-state index contributed by atoms with van der Waals surface area (Å²) in [7, 11) is 3.96. The molecule has 0 radical (unpaired) electrons. The Balaban J connectivity index is 4.18. The molecular formula is C36H62F3NO6. The third-order valence-electron chi connectivity index (χ3n) is 7.51. The van der Waals surface area contributed by atoms with Crippen LogP contribution in [0.3, 0.4) is 0 Å². The molecule has 0 saturated carbocycles. The first-order chi connectivity index (χ1) is 22.1. The van der Waals surface area contributed by atoms with Crippen molar-refractivity contribution in [3.05, 3.63) is 24.6 Å². The minimum Gasteiger partial charge on any atom is -0.465 e. The molecule has 0 fully saturated rings. The van der Waals surface area contributed by atoms with E-state index in [0.717, 1.165) is 103 Å². The zero-order chi connectivity index (χ0) is 34.3. The van der Waals surface area contributed by atoms with E-state index in [1.165, 1.54) is 12.2 Å². The molecule has 0 aromatic heterocycles. The second-order valence-electron chi connectivity index (χ2n) is 12.3. The van der Waals surface area contributed by atoms with Crippen molar-refractivity contribution < 1.29 is 41.8 Å². The number of halogens is 3. The van der Waals surface area contributed by atoms with Crippen LogP contribution in [0.4, 0.5) is 13.2 Å². The molecule has 0 saturated heterocycles. The standard InChI is InChI=1S/C36H62F3NO6/c1-4-5-26-36(38,39)27-16-18-30-44-33(41)23-14-10-6-8-12-21-32(46-35(43)25-20-29-40(2)3)22-13-9-7-11-15-24-34(42)45-31-19-17-28-37/h16-17,27-28,32H,4-15,18-26,29-31H2,1-3H3/b27-16-,28-17-.